The Bertz CT molecular complexity index is 909. The highest BCUT2D eigenvalue weighted by Crippen LogP contribution is 2.59. The number of fused-ring (bicyclic) bond motifs is 4. The van der Waals surface area contributed by atoms with E-state index in [1.54, 1.807) is 11.3 Å². The lowest BCUT2D eigenvalue weighted by molar-refractivity contribution is 0.359. The summed E-state index contributed by atoms with van der Waals surface area (Å²) in [6.45, 7) is 6.27. The van der Waals surface area contributed by atoms with Gasteiger partial charge >= 0.3 is 0 Å². The number of aromatic nitrogens is 1. The van der Waals surface area contributed by atoms with Crippen LogP contribution in [-0.4, -0.2) is 16.0 Å². The van der Waals surface area contributed by atoms with Crippen LogP contribution in [0.4, 0.5) is 0 Å². The molecule has 2 N–H and O–H groups in total. The third kappa shape index (κ3) is 1.81. The highest BCUT2D eigenvalue weighted by atomic mass is 32.2. The van der Waals surface area contributed by atoms with Gasteiger partial charge in [0.1, 0.15) is 16.5 Å². The minimum Gasteiger partial charge on any atom is -0.439 e. The van der Waals surface area contributed by atoms with Crippen molar-refractivity contribution in [3.8, 4) is 11.8 Å². The SMILES string of the molecule is Cc1cc(C)c2c3c(sc2n1)[C@]1(CCS[C@H]1C)C(C#N)=C(N)O3. The number of nitrogens with two attached hydrogens (primary N) is 1. The molecule has 0 unspecified atom stereocenters. The van der Waals surface area contributed by atoms with Gasteiger partial charge in [-0.05, 0) is 37.7 Å². The molecule has 0 amide bonds. The number of thiophene rings is 1. The Labute approximate surface area is 143 Å². The minimum atomic E-state index is -0.331. The highest BCUT2D eigenvalue weighted by Gasteiger charge is 2.53. The molecule has 2 aromatic heterocycles. The average Bonchev–Trinajstić information content (AvgIpc) is 3.02. The van der Waals surface area contributed by atoms with Crippen LogP contribution in [0, 0.1) is 25.2 Å². The number of nitriles is 1. The van der Waals surface area contributed by atoms with Gasteiger partial charge in [-0.3, -0.25) is 0 Å². The highest BCUT2D eigenvalue weighted by molar-refractivity contribution is 8.00. The molecular formula is C17H17N3OS2. The Morgan fingerprint density at radius 1 is 1.48 bits per heavy atom. The van der Waals surface area contributed by atoms with Crippen molar-refractivity contribution in [2.75, 3.05) is 5.75 Å². The molecule has 2 aliphatic rings. The molecule has 0 saturated carbocycles. The predicted octanol–water partition coefficient (Wildman–Crippen LogP) is 3.76. The molecule has 0 radical (unpaired) electrons. The summed E-state index contributed by atoms with van der Waals surface area (Å²) >= 11 is 3.55. The Hall–Kier alpha value is -1.71. The lowest BCUT2D eigenvalue weighted by Gasteiger charge is -2.36. The second-order valence-corrected chi connectivity index (χ2v) is 8.66. The van der Waals surface area contributed by atoms with Crippen molar-refractivity contribution in [2.45, 2.75) is 37.9 Å². The summed E-state index contributed by atoms with van der Waals surface area (Å²) in [5, 5.41) is 11.1. The van der Waals surface area contributed by atoms with Gasteiger partial charge in [0.15, 0.2) is 5.75 Å². The van der Waals surface area contributed by atoms with Gasteiger partial charge in [-0.25, -0.2) is 4.98 Å². The van der Waals surface area contributed by atoms with Gasteiger partial charge < -0.3 is 10.5 Å². The maximum Gasteiger partial charge on any atom is 0.205 e. The summed E-state index contributed by atoms with van der Waals surface area (Å²) in [5.41, 5.74) is 8.56. The molecule has 23 heavy (non-hydrogen) atoms. The van der Waals surface area contributed by atoms with Crippen LogP contribution in [0.3, 0.4) is 0 Å². The smallest absolute Gasteiger partial charge is 0.205 e. The summed E-state index contributed by atoms with van der Waals surface area (Å²) in [5.74, 6) is 2.11. The molecule has 2 aliphatic heterocycles. The number of aryl methyl sites for hydroxylation is 2. The summed E-state index contributed by atoms with van der Waals surface area (Å²) in [6.07, 6.45) is 0.920. The zero-order valence-electron chi connectivity index (χ0n) is 13.3. The van der Waals surface area contributed by atoms with Crippen molar-refractivity contribution >= 4 is 33.3 Å². The Morgan fingerprint density at radius 2 is 2.26 bits per heavy atom. The van der Waals surface area contributed by atoms with Crippen LogP contribution in [0.25, 0.3) is 10.2 Å². The van der Waals surface area contributed by atoms with Crippen molar-refractivity contribution in [2.24, 2.45) is 5.73 Å². The lowest BCUT2D eigenvalue weighted by Crippen LogP contribution is -2.38. The fourth-order valence-electron chi connectivity index (χ4n) is 3.82. The van der Waals surface area contributed by atoms with Crippen LogP contribution in [-0.2, 0) is 5.41 Å². The number of pyridine rings is 1. The number of allylic oxidation sites excluding steroid dienone is 1. The lowest BCUT2D eigenvalue weighted by atomic mass is 9.73. The largest absolute Gasteiger partial charge is 0.439 e. The van der Waals surface area contributed by atoms with Crippen LogP contribution in [0.2, 0.25) is 0 Å². The van der Waals surface area contributed by atoms with Crippen LogP contribution in [0.5, 0.6) is 5.75 Å². The summed E-state index contributed by atoms with van der Waals surface area (Å²) in [4.78, 5) is 6.78. The van der Waals surface area contributed by atoms with E-state index in [0.29, 0.717) is 10.8 Å². The Morgan fingerprint density at radius 3 is 2.91 bits per heavy atom. The van der Waals surface area contributed by atoms with E-state index in [4.69, 9.17) is 10.5 Å². The molecule has 118 valence electrons. The summed E-state index contributed by atoms with van der Waals surface area (Å²) in [7, 11) is 0. The van der Waals surface area contributed by atoms with Crippen molar-refractivity contribution in [3.05, 3.63) is 33.7 Å². The van der Waals surface area contributed by atoms with Crippen LogP contribution >= 0.6 is 23.1 Å². The first-order chi connectivity index (χ1) is 11.0. The average molecular weight is 343 g/mol. The van der Waals surface area contributed by atoms with Crippen molar-refractivity contribution in [1.82, 2.24) is 4.98 Å². The van der Waals surface area contributed by atoms with E-state index >= 15 is 0 Å². The molecule has 6 heteroatoms. The van der Waals surface area contributed by atoms with Crippen LogP contribution in [0.1, 0.15) is 29.5 Å². The zero-order valence-corrected chi connectivity index (χ0v) is 14.9. The van der Waals surface area contributed by atoms with E-state index in [1.165, 1.54) is 0 Å². The van der Waals surface area contributed by atoms with Crippen molar-refractivity contribution < 1.29 is 4.74 Å². The summed E-state index contributed by atoms with van der Waals surface area (Å²) in [6, 6.07) is 4.40. The second-order valence-electron chi connectivity index (χ2n) is 6.21. The van der Waals surface area contributed by atoms with Gasteiger partial charge in [0.2, 0.25) is 5.88 Å². The third-order valence-corrected chi connectivity index (χ3v) is 7.51. The number of ether oxygens (including phenoxy) is 1. The molecule has 0 bridgehead atoms. The molecule has 2 aromatic rings. The maximum atomic E-state index is 9.72. The number of hydrogen-bond donors (Lipinski definition) is 1. The minimum absolute atomic E-state index is 0.258. The first-order valence-electron chi connectivity index (χ1n) is 7.60. The zero-order chi connectivity index (χ0) is 16.4. The third-order valence-electron chi connectivity index (χ3n) is 4.92. The molecule has 0 aromatic carbocycles. The van der Waals surface area contributed by atoms with E-state index in [1.807, 2.05) is 18.7 Å². The number of nitrogens with zero attached hydrogens (tertiary/aromatic N) is 2. The van der Waals surface area contributed by atoms with Crippen LogP contribution in [0.15, 0.2) is 17.5 Å². The van der Waals surface area contributed by atoms with Gasteiger partial charge in [0.05, 0.1) is 15.7 Å². The predicted molar refractivity (Wildman–Crippen MR) is 94.8 cm³/mol. The number of hydrogen-bond acceptors (Lipinski definition) is 6. The molecule has 1 spiro atoms. The molecule has 0 aliphatic carbocycles. The quantitative estimate of drug-likeness (QED) is 0.788. The maximum absolute atomic E-state index is 9.72. The molecule has 2 atom stereocenters. The fourth-order valence-corrected chi connectivity index (χ4v) is 6.86. The van der Waals surface area contributed by atoms with Crippen molar-refractivity contribution in [1.29, 1.82) is 5.26 Å². The Kier molecular flexibility index (Phi) is 3.16. The van der Waals surface area contributed by atoms with Gasteiger partial charge in [-0.15, -0.1) is 11.3 Å². The fraction of sp³-hybridized carbons (Fsp3) is 0.412. The van der Waals surface area contributed by atoms with E-state index in [0.717, 1.165) is 44.3 Å². The second kappa shape index (κ2) is 4.89. The molecule has 4 rings (SSSR count). The van der Waals surface area contributed by atoms with Gasteiger partial charge in [0.25, 0.3) is 0 Å². The number of rotatable bonds is 0. The van der Waals surface area contributed by atoms with E-state index in [9.17, 15) is 5.26 Å². The van der Waals surface area contributed by atoms with Crippen molar-refractivity contribution in [3.63, 3.8) is 0 Å². The number of thioether (sulfide) groups is 1. The normalized spacial score (nSPS) is 26.4. The topological polar surface area (TPSA) is 71.9 Å². The van der Waals surface area contributed by atoms with E-state index in [-0.39, 0.29) is 11.3 Å². The molecule has 4 heterocycles. The first kappa shape index (κ1) is 14.9. The molecule has 1 fully saturated rings. The van der Waals surface area contributed by atoms with Gasteiger partial charge in [-0.1, -0.05) is 6.92 Å². The summed E-state index contributed by atoms with van der Waals surface area (Å²) < 4.78 is 5.94. The monoisotopic (exact) mass is 343 g/mol. The first-order valence-corrected chi connectivity index (χ1v) is 9.46. The molecule has 4 nitrogen and oxygen atoms in total. The molecule has 1 saturated heterocycles. The molecular weight excluding hydrogens is 326 g/mol. The van der Waals surface area contributed by atoms with Gasteiger partial charge in [-0.2, -0.15) is 17.0 Å². The Balaban J connectivity index is 2.10. The van der Waals surface area contributed by atoms with Crippen LogP contribution < -0.4 is 10.5 Å². The van der Waals surface area contributed by atoms with E-state index in [2.05, 4.69) is 31.0 Å². The van der Waals surface area contributed by atoms with E-state index < -0.39 is 0 Å². The standard InChI is InChI=1S/C17H17N3OS2/c1-8-6-9(2)20-16-12(8)13-14(23-16)17(4-5-22-10(17)3)11(7-18)15(19)21-13/h6,10H,4-5,19H2,1-3H3/t10-,17-/m0/s1. The van der Waals surface area contributed by atoms with Gasteiger partial charge in [0, 0.05) is 10.9 Å².